The summed E-state index contributed by atoms with van der Waals surface area (Å²) in [7, 11) is 0. The molecule has 0 amide bonds. The number of rotatable bonds is 1. The predicted molar refractivity (Wildman–Crippen MR) is 232 cm³/mol. The van der Waals surface area contributed by atoms with Crippen molar-refractivity contribution in [2.75, 3.05) is 0 Å². The van der Waals surface area contributed by atoms with Crippen LogP contribution in [0.5, 0.6) is 0 Å². The first kappa shape index (κ1) is 30.2. The van der Waals surface area contributed by atoms with E-state index in [0.717, 1.165) is 0 Å². The molecule has 0 N–H and O–H groups in total. The SMILES string of the molecule is CC1(C)c2cc(-c3ccc4c(c3)C(C)(C)c3cc5c6ccccc6c6ccccc6c5cc3-4)ccc2-c2cc3c4ccccc4c4ccccc4c3cc21. The topological polar surface area (TPSA) is 0 Å². The molecule has 10 aromatic carbocycles. The van der Waals surface area contributed by atoms with Gasteiger partial charge in [0, 0.05) is 10.8 Å². The molecule has 254 valence electrons. The summed E-state index contributed by atoms with van der Waals surface area (Å²) in [6.45, 7) is 9.65. The van der Waals surface area contributed by atoms with Gasteiger partial charge in [-0.3, -0.25) is 0 Å². The average molecular weight is 687 g/mol. The predicted octanol–water partition coefficient (Wildman–Crippen LogP) is 14.9. The van der Waals surface area contributed by atoms with Gasteiger partial charge in [-0.15, -0.1) is 0 Å². The largest absolute Gasteiger partial charge is 0.0616 e. The molecule has 0 atom stereocenters. The number of benzene rings is 10. The summed E-state index contributed by atoms with van der Waals surface area (Å²) in [5.41, 5.74) is 13.4. The van der Waals surface area contributed by atoms with Gasteiger partial charge in [0.25, 0.3) is 0 Å². The molecule has 0 fully saturated rings. The first-order valence-electron chi connectivity index (χ1n) is 19.3. The molecule has 2 aliphatic rings. The highest BCUT2D eigenvalue weighted by Gasteiger charge is 2.38. The molecule has 0 aromatic heterocycles. The second-order valence-corrected chi connectivity index (χ2v) is 16.8. The minimum Gasteiger partial charge on any atom is -0.0616 e. The summed E-state index contributed by atoms with van der Waals surface area (Å²) in [5.74, 6) is 0. The van der Waals surface area contributed by atoms with Crippen LogP contribution in [0.2, 0.25) is 0 Å². The number of hydrogen-bond acceptors (Lipinski definition) is 0. The fourth-order valence-corrected chi connectivity index (χ4v) is 10.6. The summed E-state index contributed by atoms with van der Waals surface area (Å²) >= 11 is 0. The van der Waals surface area contributed by atoms with E-state index in [2.05, 4.69) is 185 Å². The third-order valence-electron chi connectivity index (χ3n) is 13.4. The molecule has 0 heterocycles. The molecular formula is C54H38. The van der Waals surface area contributed by atoms with E-state index in [1.54, 1.807) is 0 Å². The Morgan fingerprint density at radius 3 is 0.815 bits per heavy atom. The molecule has 0 radical (unpaired) electrons. The monoisotopic (exact) mass is 686 g/mol. The van der Waals surface area contributed by atoms with Crippen molar-refractivity contribution < 1.29 is 0 Å². The van der Waals surface area contributed by atoms with E-state index in [1.165, 1.54) is 120 Å². The fraction of sp³-hybridized carbons (Fsp3) is 0.111. The van der Waals surface area contributed by atoms with Crippen molar-refractivity contribution in [2.24, 2.45) is 0 Å². The van der Waals surface area contributed by atoms with Crippen LogP contribution in [0.4, 0.5) is 0 Å². The second kappa shape index (κ2) is 10.2. The van der Waals surface area contributed by atoms with Gasteiger partial charge < -0.3 is 0 Å². The zero-order valence-electron chi connectivity index (χ0n) is 31.0. The summed E-state index contributed by atoms with van der Waals surface area (Å²) < 4.78 is 0. The molecule has 0 nitrogen and oxygen atoms in total. The van der Waals surface area contributed by atoms with Gasteiger partial charge in [-0.05, 0) is 157 Å². The van der Waals surface area contributed by atoms with Gasteiger partial charge in [0.15, 0.2) is 0 Å². The minimum atomic E-state index is -0.125. The normalized spacial score (nSPS) is 15.0. The fourth-order valence-electron chi connectivity index (χ4n) is 10.6. The molecule has 0 saturated carbocycles. The van der Waals surface area contributed by atoms with Crippen LogP contribution in [-0.2, 0) is 10.8 Å². The molecular weight excluding hydrogens is 649 g/mol. The Morgan fingerprint density at radius 1 is 0.241 bits per heavy atom. The van der Waals surface area contributed by atoms with Crippen LogP contribution in [0, 0.1) is 0 Å². The van der Waals surface area contributed by atoms with Crippen molar-refractivity contribution in [2.45, 2.75) is 38.5 Å². The maximum absolute atomic E-state index is 2.50. The highest BCUT2D eigenvalue weighted by Crippen LogP contribution is 2.54. The second-order valence-electron chi connectivity index (χ2n) is 16.8. The third kappa shape index (κ3) is 3.78. The third-order valence-corrected chi connectivity index (χ3v) is 13.4. The number of hydrogen-bond donors (Lipinski definition) is 0. The Kier molecular flexibility index (Phi) is 5.74. The highest BCUT2D eigenvalue weighted by atomic mass is 14.4. The van der Waals surface area contributed by atoms with Crippen molar-refractivity contribution >= 4 is 64.6 Å². The van der Waals surface area contributed by atoms with Gasteiger partial charge in [-0.25, -0.2) is 0 Å². The molecule has 10 aromatic rings. The Bertz CT molecular complexity index is 3090. The quantitative estimate of drug-likeness (QED) is 0.151. The molecule has 0 saturated heterocycles. The first-order valence-corrected chi connectivity index (χ1v) is 19.3. The Balaban J connectivity index is 1.02. The molecule has 54 heavy (non-hydrogen) atoms. The lowest BCUT2D eigenvalue weighted by Gasteiger charge is -2.24. The summed E-state index contributed by atoms with van der Waals surface area (Å²) in [6, 6.07) is 60.1. The van der Waals surface area contributed by atoms with Gasteiger partial charge in [0.05, 0.1) is 0 Å². The van der Waals surface area contributed by atoms with E-state index in [-0.39, 0.29) is 10.8 Å². The van der Waals surface area contributed by atoms with E-state index in [1.807, 2.05) is 0 Å². The van der Waals surface area contributed by atoms with Gasteiger partial charge in [-0.2, -0.15) is 0 Å². The molecule has 0 aliphatic heterocycles. The zero-order chi connectivity index (χ0) is 36.1. The van der Waals surface area contributed by atoms with Crippen LogP contribution in [0.25, 0.3) is 98.0 Å². The molecule has 0 heteroatoms. The first-order chi connectivity index (χ1) is 26.3. The maximum atomic E-state index is 2.50. The smallest absolute Gasteiger partial charge is 0.0159 e. The number of fused-ring (bicyclic) bond motifs is 18. The zero-order valence-corrected chi connectivity index (χ0v) is 31.0. The van der Waals surface area contributed by atoms with Gasteiger partial charge in [-0.1, -0.05) is 149 Å². The van der Waals surface area contributed by atoms with E-state index in [0.29, 0.717) is 0 Å². The van der Waals surface area contributed by atoms with E-state index in [4.69, 9.17) is 0 Å². The van der Waals surface area contributed by atoms with Crippen LogP contribution in [-0.4, -0.2) is 0 Å². The van der Waals surface area contributed by atoms with Gasteiger partial charge in [0.2, 0.25) is 0 Å². The van der Waals surface area contributed by atoms with Crippen molar-refractivity contribution in [3.63, 3.8) is 0 Å². The Morgan fingerprint density at radius 2 is 0.500 bits per heavy atom. The van der Waals surface area contributed by atoms with Crippen molar-refractivity contribution in [3.8, 4) is 33.4 Å². The van der Waals surface area contributed by atoms with Gasteiger partial charge in [0.1, 0.15) is 0 Å². The van der Waals surface area contributed by atoms with Crippen molar-refractivity contribution in [1.29, 1.82) is 0 Å². The van der Waals surface area contributed by atoms with Crippen LogP contribution < -0.4 is 0 Å². The molecule has 2 aliphatic carbocycles. The van der Waals surface area contributed by atoms with Crippen molar-refractivity contribution in [1.82, 2.24) is 0 Å². The summed E-state index contributed by atoms with van der Waals surface area (Å²) in [6.07, 6.45) is 0. The lowest BCUT2D eigenvalue weighted by atomic mass is 9.79. The molecule has 12 rings (SSSR count). The van der Waals surface area contributed by atoms with E-state index in [9.17, 15) is 0 Å². The Hall–Kier alpha value is -6.24. The van der Waals surface area contributed by atoms with Crippen LogP contribution in [0.3, 0.4) is 0 Å². The lowest BCUT2D eigenvalue weighted by Crippen LogP contribution is -2.15. The average Bonchev–Trinajstić information content (AvgIpc) is 3.57. The van der Waals surface area contributed by atoms with Crippen LogP contribution in [0.15, 0.2) is 158 Å². The van der Waals surface area contributed by atoms with E-state index < -0.39 is 0 Å². The van der Waals surface area contributed by atoms with Crippen molar-refractivity contribution in [3.05, 3.63) is 180 Å². The summed E-state index contributed by atoms with van der Waals surface area (Å²) in [4.78, 5) is 0. The van der Waals surface area contributed by atoms with Crippen LogP contribution >= 0.6 is 0 Å². The molecule has 0 spiro atoms. The Labute approximate surface area is 315 Å². The standard InChI is InChI=1S/C54H38/c1-53(2)49-25-31(21-23-41(49)47-27-43-37-17-9-5-13-33(37)35-15-7-11-19-39(35)45(43)29-51(47)53)32-22-24-42-48-28-44-38-18-10-6-14-34(38)36-16-8-12-20-40(36)46(44)30-52(48)54(3,4)50(42)26-32/h5-30H,1-4H3. The highest BCUT2D eigenvalue weighted by molar-refractivity contribution is 6.27. The molecule has 0 bridgehead atoms. The maximum Gasteiger partial charge on any atom is 0.0159 e. The summed E-state index contributed by atoms with van der Waals surface area (Å²) in [5, 5.41) is 16.0. The van der Waals surface area contributed by atoms with Gasteiger partial charge >= 0.3 is 0 Å². The van der Waals surface area contributed by atoms with Crippen LogP contribution in [0.1, 0.15) is 49.9 Å². The lowest BCUT2D eigenvalue weighted by molar-refractivity contribution is 0.660. The van der Waals surface area contributed by atoms with E-state index >= 15 is 0 Å². The minimum absolute atomic E-state index is 0.125. The molecule has 0 unspecified atom stereocenters.